The van der Waals surface area contributed by atoms with Crippen molar-refractivity contribution in [1.29, 1.82) is 0 Å². The minimum atomic E-state index is -0.405. The van der Waals surface area contributed by atoms with Gasteiger partial charge in [0.2, 0.25) is 5.82 Å². The van der Waals surface area contributed by atoms with Crippen LogP contribution in [-0.4, -0.2) is 41.4 Å². The van der Waals surface area contributed by atoms with Crippen LogP contribution in [0.4, 0.5) is 11.5 Å². The van der Waals surface area contributed by atoms with Crippen LogP contribution in [0.1, 0.15) is 25.5 Å². The van der Waals surface area contributed by atoms with Crippen molar-refractivity contribution >= 4 is 17.5 Å². The molecule has 0 saturated carbocycles. The number of nitrogens with zero attached hydrogens (tertiary/aromatic N) is 4. The van der Waals surface area contributed by atoms with Gasteiger partial charge in [-0.2, -0.15) is 5.10 Å². The molecule has 0 saturated heterocycles. The van der Waals surface area contributed by atoms with Crippen molar-refractivity contribution in [2.24, 2.45) is 7.05 Å². The molecule has 1 aromatic heterocycles. The third-order valence-corrected chi connectivity index (χ3v) is 3.04. The van der Waals surface area contributed by atoms with Crippen molar-refractivity contribution in [3.8, 4) is 0 Å². The van der Waals surface area contributed by atoms with Crippen LogP contribution >= 0.6 is 0 Å². The largest absolute Gasteiger partial charge is 0.469 e. The van der Waals surface area contributed by atoms with Crippen LogP contribution in [0.15, 0.2) is 0 Å². The Labute approximate surface area is 117 Å². The lowest BCUT2D eigenvalue weighted by Gasteiger charge is -2.17. The van der Waals surface area contributed by atoms with E-state index in [1.807, 2.05) is 6.92 Å². The van der Waals surface area contributed by atoms with Crippen LogP contribution in [0.3, 0.4) is 0 Å². The van der Waals surface area contributed by atoms with Crippen molar-refractivity contribution in [3.63, 3.8) is 0 Å². The lowest BCUT2D eigenvalue weighted by Crippen LogP contribution is -2.23. The fourth-order valence-corrected chi connectivity index (χ4v) is 2.08. The topological polar surface area (TPSA) is 90.5 Å². The van der Waals surface area contributed by atoms with Crippen LogP contribution in [0.2, 0.25) is 0 Å². The maximum Gasteiger partial charge on any atom is 0.334 e. The first kappa shape index (κ1) is 15.9. The van der Waals surface area contributed by atoms with Gasteiger partial charge >= 0.3 is 11.7 Å². The summed E-state index contributed by atoms with van der Waals surface area (Å²) in [5.74, 6) is 0.170. The van der Waals surface area contributed by atoms with Crippen LogP contribution in [-0.2, 0) is 23.0 Å². The molecule has 1 heterocycles. The molecular weight excluding hydrogens is 264 g/mol. The standard InChI is InChI=1S/C12H20N4O4/c1-5-9-11(16(18)19)12(15(3)13-9)14(2)8-6-7-10(17)20-4/h5-8H2,1-4H3. The summed E-state index contributed by atoms with van der Waals surface area (Å²) in [6.07, 6.45) is 1.35. The van der Waals surface area contributed by atoms with Crippen LogP contribution in [0.5, 0.6) is 0 Å². The Morgan fingerprint density at radius 1 is 1.55 bits per heavy atom. The second kappa shape index (κ2) is 6.88. The van der Waals surface area contributed by atoms with Gasteiger partial charge in [-0.25, -0.2) is 4.68 Å². The molecule has 0 amide bonds. The molecular formula is C12H20N4O4. The Morgan fingerprint density at radius 2 is 2.20 bits per heavy atom. The average Bonchev–Trinajstić information content (AvgIpc) is 2.75. The van der Waals surface area contributed by atoms with E-state index in [4.69, 9.17) is 0 Å². The van der Waals surface area contributed by atoms with Gasteiger partial charge < -0.3 is 9.64 Å². The summed E-state index contributed by atoms with van der Waals surface area (Å²) < 4.78 is 6.07. The number of anilines is 1. The van der Waals surface area contributed by atoms with Gasteiger partial charge in [0.05, 0.1) is 12.0 Å². The van der Waals surface area contributed by atoms with E-state index in [-0.39, 0.29) is 18.1 Å². The number of aromatic nitrogens is 2. The zero-order valence-corrected chi connectivity index (χ0v) is 12.3. The number of hydrogen-bond acceptors (Lipinski definition) is 6. The molecule has 20 heavy (non-hydrogen) atoms. The number of ether oxygens (including phenoxy) is 1. The third kappa shape index (κ3) is 3.46. The van der Waals surface area contributed by atoms with E-state index in [1.54, 1.807) is 19.0 Å². The number of carbonyl (C=O) groups excluding carboxylic acids is 1. The molecule has 1 rings (SSSR count). The maximum absolute atomic E-state index is 11.2. The molecule has 112 valence electrons. The zero-order chi connectivity index (χ0) is 15.3. The van der Waals surface area contributed by atoms with Gasteiger partial charge in [0.25, 0.3) is 0 Å². The normalized spacial score (nSPS) is 10.4. The molecule has 0 spiro atoms. The Hall–Kier alpha value is -2.12. The number of nitro groups is 1. The van der Waals surface area contributed by atoms with Gasteiger partial charge in [-0.3, -0.25) is 14.9 Å². The lowest BCUT2D eigenvalue weighted by molar-refractivity contribution is -0.384. The molecule has 1 aromatic rings. The zero-order valence-electron chi connectivity index (χ0n) is 12.3. The predicted octanol–water partition coefficient (Wildman–Crippen LogP) is 1.28. The highest BCUT2D eigenvalue weighted by Gasteiger charge is 2.27. The second-order valence-corrected chi connectivity index (χ2v) is 4.45. The number of methoxy groups -OCH3 is 1. The number of hydrogen-bond donors (Lipinski definition) is 0. The first-order valence-corrected chi connectivity index (χ1v) is 6.40. The van der Waals surface area contributed by atoms with Gasteiger partial charge in [-0.1, -0.05) is 6.92 Å². The SMILES string of the molecule is CCc1nn(C)c(N(C)CCCC(=O)OC)c1[N+](=O)[O-]. The number of carbonyl (C=O) groups is 1. The summed E-state index contributed by atoms with van der Waals surface area (Å²) in [7, 11) is 4.77. The highest BCUT2D eigenvalue weighted by molar-refractivity contribution is 5.69. The maximum atomic E-state index is 11.2. The molecule has 0 aliphatic heterocycles. The van der Waals surface area contributed by atoms with Crippen LogP contribution in [0, 0.1) is 10.1 Å². The van der Waals surface area contributed by atoms with Gasteiger partial charge in [0, 0.05) is 27.1 Å². The highest BCUT2D eigenvalue weighted by atomic mass is 16.6. The van der Waals surface area contributed by atoms with E-state index in [0.29, 0.717) is 30.9 Å². The Morgan fingerprint density at radius 3 is 2.70 bits per heavy atom. The van der Waals surface area contributed by atoms with Gasteiger partial charge in [-0.05, 0) is 12.8 Å². The fraction of sp³-hybridized carbons (Fsp3) is 0.667. The molecule has 0 unspecified atom stereocenters. The fourth-order valence-electron chi connectivity index (χ4n) is 2.08. The molecule has 0 atom stereocenters. The Balaban J connectivity index is 2.86. The first-order chi connectivity index (χ1) is 9.42. The summed E-state index contributed by atoms with van der Waals surface area (Å²) in [5.41, 5.74) is 0.503. The summed E-state index contributed by atoms with van der Waals surface area (Å²) in [5, 5.41) is 15.4. The van der Waals surface area contributed by atoms with Gasteiger partial charge in [0.1, 0.15) is 5.69 Å². The highest BCUT2D eigenvalue weighted by Crippen LogP contribution is 2.31. The average molecular weight is 284 g/mol. The van der Waals surface area contributed by atoms with Gasteiger partial charge in [0.15, 0.2) is 0 Å². The monoisotopic (exact) mass is 284 g/mol. The summed E-state index contributed by atoms with van der Waals surface area (Å²) in [6, 6.07) is 0. The molecule has 0 aromatic carbocycles. The third-order valence-electron chi connectivity index (χ3n) is 3.04. The summed E-state index contributed by atoms with van der Waals surface area (Å²) >= 11 is 0. The minimum absolute atomic E-state index is 0.0376. The lowest BCUT2D eigenvalue weighted by atomic mass is 10.2. The Kier molecular flexibility index (Phi) is 5.48. The van der Waals surface area contributed by atoms with E-state index < -0.39 is 4.92 Å². The van der Waals surface area contributed by atoms with Crippen molar-refractivity contribution < 1.29 is 14.5 Å². The van der Waals surface area contributed by atoms with Crippen LogP contribution < -0.4 is 4.90 Å². The van der Waals surface area contributed by atoms with Crippen molar-refractivity contribution in [1.82, 2.24) is 9.78 Å². The predicted molar refractivity (Wildman–Crippen MR) is 73.8 cm³/mol. The van der Waals surface area contributed by atoms with E-state index in [0.717, 1.165) is 0 Å². The quantitative estimate of drug-likeness (QED) is 0.425. The molecule has 8 heteroatoms. The molecule has 0 aliphatic rings. The molecule has 0 aliphatic carbocycles. The van der Waals surface area contributed by atoms with Crippen LogP contribution in [0.25, 0.3) is 0 Å². The van der Waals surface area contributed by atoms with Crippen molar-refractivity contribution in [2.45, 2.75) is 26.2 Å². The van der Waals surface area contributed by atoms with E-state index >= 15 is 0 Å². The van der Waals surface area contributed by atoms with Crippen molar-refractivity contribution in [3.05, 3.63) is 15.8 Å². The number of rotatable bonds is 7. The smallest absolute Gasteiger partial charge is 0.334 e. The number of aryl methyl sites for hydroxylation is 2. The molecule has 0 N–H and O–H groups in total. The van der Waals surface area contributed by atoms with E-state index in [2.05, 4.69) is 9.84 Å². The molecule has 0 fully saturated rings. The van der Waals surface area contributed by atoms with E-state index in [1.165, 1.54) is 11.8 Å². The molecule has 0 bridgehead atoms. The number of esters is 1. The minimum Gasteiger partial charge on any atom is -0.469 e. The second-order valence-electron chi connectivity index (χ2n) is 4.45. The first-order valence-electron chi connectivity index (χ1n) is 6.40. The van der Waals surface area contributed by atoms with Crippen molar-refractivity contribution in [2.75, 3.05) is 25.6 Å². The summed E-state index contributed by atoms with van der Waals surface area (Å²) in [4.78, 5) is 23.6. The van der Waals surface area contributed by atoms with Gasteiger partial charge in [-0.15, -0.1) is 0 Å². The van der Waals surface area contributed by atoms with E-state index in [9.17, 15) is 14.9 Å². The molecule has 8 nitrogen and oxygen atoms in total. The summed E-state index contributed by atoms with van der Waals surface area (Å²) in [6.45, 7) is 2.34. The Bertz CT molecular complexity index is 498. The molecule has 0 radical (unpaired) electrons.